The molecule has 0 amide bonds. The number of furan rings is 1. The number of aromatic nitrogens is 2. The highest BCUT2D eigenvalue weighted by Gasteiger charge is 2.65. The van der Waals surface area contributed by atoms with Gasteiger partial charge in [-0.2, -0.15) is 0 Å². The molecule has 9 heteroatoms. The number of aryl methyl sites for hydroxylation is 1. The van der Waals surface area contributed by atoms with E-state index in [-0.39, 0.29) is 5.39 Å². The lowest BCUT2D eigenvalue weighted by Crippen LogP contribution is -2.05. The van der Waals surface area contributed by atoms with Crippen LogP contribution in [0.2, 0.25) is 0 Å². The summed E-state index contributed by atoms with van der Waals surface area (Å²) >= 11 is 0. The molecule has 0 spiro atoms. The molecule has 9 rings (SSSR count). The Morgan fingerprint density at radius 3 is 1.48 bits per heavy atom. The van der Waals surface area contributed by atoms with Gasteiger partial charge in [-0.05, 0) is 85.8 Å². The Morgan fingerprint density at radius 1 is 0.457 bits per heavy atom. The number of fused-ring (bicyclic) bond motifs is 9. The summed E-state index contributed by atoms with van der Waals surface area (Å²) in [6, 6.07) is 35.4. The minimum Gasteiger partial charge on any atom is -0.456 e. The highest BCUT2D eigenvalue weighted by molar-refractivity contribution is 8.45. The van der Waals surface area contributed by atoms with Crippen molar-refractivity contribution < 1.29 is 23.8 Å². The number of benzene rings is 6. The molecule has 0 aliphatic heterocycles. The van der Waals surface area contributed by atoms with Gasteiger partial charge >= 0.3 is 10.2 Å². The molecular formula is C37H23F5N2OS. The van der Waals surface area contributed by atoms with E-state index in [2.05, 4.69) is 47.9 Å². The lowest BCUT2D eigenvalue weighted by atomic mass is 10.1. The first-order valence-corrected chi connectivity index (χ1v) is 16.5. The van der Waals surface area contributed by atoms with Crippen molar-refractivity contribution in [1.82, 2.24) is 9.13 Å². The van der Waals surface area contributed by atoms with Crippen molar-refractivity contribution in [2.45, 2.75) is 11.8 Å². The second-order valence-corrected chi connectivity index (χ2v) is 14.2. The molecule has 0 unspecified atom stereocenters. The molecule has 0 N–H and O–H groups in total. The summed E-state index contributed by atoms with van der Waals surface area (Å²) in [5, 5.41) is 4.55. The summed E-state index contributed by atoms with van der Waals surface area (Å²) in [4.78, 5) is -1.90. The van der Waals surface area contributed by atoms with Crippen molar-refractivity contribution in [3.63, 3.8) is 0 Å². The van der Waals surface area contributed by atoms with Crippen LogP contribution in [0.4, 0.5) is 19.4 Å². The van der Waals surface area contributed by atoms with Crippen LogP contribution < -0.4 is 0 Å². The molecule has 0 atom stereocenters. The van der Waals surface area contributed by atoms with Gasteiger partial charge in [0, 0.05) is 43.7 Å². The fraction of sp³-hybridized carbons (Fsp3) is 0.0270. The van der Waals surface area contributed by atoms with Gasteiger partial charge in [-0.15, -0.1) is 0 Å². The van der Waals surface area contributed by atoms with Gasteiger partial charge in [0.05, 0.1) is 22.1 Å². The second-order valence-electron chi connectivity index (χ2n) is 11.8. The molecule has 228 valence electrons. The molecule has 0 aliphatic rings. The predicted octanol–water partition coefficient (Wildman–Crippen LogP) is 12.7. The first-order chi connectivity index (χ1) is 21.8. The number of nitrogens with zero attached hydrogens (tertiary/aromatic N) is 2. The van der Waals surface area contributed by atoms with Gasteiger partial charge in [0.15, 0.2) is 0 Å². The van der Waals surface area contributed by atoms with Crippen molar-refractivity contribution >= 4 is 75.8 Å². The first-order valence-electron chi connectivity index (χ1n) is 14.6. The van der Waals surface area contributed by atoms with Gasteiger partial charge in [0.25, 0.3) is 0 Å². The molecule has 0 saturated heterocycles. The number of hydrogen-bond acceptors (Lipinski definition) is 1. The molecule has 6 aromatic carbocycles. The van der Waals surface area contributed by atoms with Crippen molar-refractivity contribution in [3.05, 3.63) is 127 Å². The van der Waals surface area contributed by atoms with E-state index in [0.717, 1.165) is 44.3 Å². The Bertz CT molecular complexity index is 2760. The molecule has 9 aromatic rings. The van der Waals surface area contributed by atoms with Crippen LogP contribution >= 0.6 is 10.2 Å². The molecule has 0 radical (unpaired) electrons. The SMILES string of the molecule is Cc1ccc2c(c1)c1ccccc1n2-c1ccc2oc3ccc(-n4c5ccccc5c5cc(S(F)(F)(F)(F)F)ccc54)cc3c2c1. The fourth-order valence-corrected chi connectivity index (χ4v) is 7.53. The monoisotopic (exact) mass is 638 g/mol. The van der Waals surface area contributed by atoms with Crippen LogP contribution in [0.15, 0.2) is 131 Å². The van der Waals surface area contributed by atoms with Gasteiger partial charge in [0.2, 0.25) is 0 Å². The average molecular weight is 639 g/mol. The molecule has 0 bridgehead atoms. The van der Waals surface area contributed by atoms with E-state index >= 15 is 0 Å². The quantitative estimate of drug-likeness (QED) is 0.177. The average Bonchev–Trinajstić information content (AvgIpc) is 3.66. The minimum atomic E-state index is -9.88. The van der Waals surface area contributed by atoms with Crippen LogP contribution in [0.3, 0.4) is 0 Å². The van der Waals surface area contributed by atoms with Crippen LogP contribution in [0.25, 0.3) is 76.9 Å². The van der Waals surface area contributed by atoms with Crippen LogP contribution in [-0.4, -0.2) is 9.13 Å². The van der Waals surface area contributed by atoms with Crippen molar-refractivity contribution in [2.24, 2.45) is 0 Å². The second kappa shape index (κ2) is 8.30. The van der Waals surface area contributed by atoms with Crippen LogP contribution in [0.1, 0.15) is 5.56 Å². The smallest absolute Gasteiger partial charge is 0.310 e. The highest BCUT2D eigenvalue weighted by atomic mass is 32.5. The third-order valence-electron chi connectivity index (χ3n) is 8.87. The molecule has 3 aromatic heterocycles. The first kappa shape index (κ1) is 27.1. The number of rotatable bonds is 3. The third-order valence-corrected chi connectivity index (χ3v) is 10.0. The Morgan fingerprint density at radius 2 is 0.935 bits per heavy atom. The zero-order valence-corrected chi connectivity index (χ0v) is 25.0. The maximum Gasteiger partial charge on any atom is 0.310 e. The summed E-state index contributed by atoms with van der Waals surface area (Å²) in [5.74, 6) is 0. The highest BCUT2D eigenvalue weighted by Crippen LogP contribution is 3.02. The van der Waals surface area contributed by atoms with Crippen molar-refractivity contribution in [1.29, 1.82) is 0 Å². The number of halogens is 5. The van der Waals surface area contributed by atoms with E-state index in [9.17, 15) is 19.4 Å². The van der Waals surface area contributed by atoms with Gasteiger partial charge in [0.1, 0.15) is 16.1 Å². The molecule has 0 fully saturated rings. The summed E-state index contributed by atoms with van der Waals surface area (Å²) in [7, 11) is -9.88. The Labute approximate surface area is 258 Å². The van der Waals surface area contributed by atoms with E-state index in [1.54, 1.807) is 28.8 Å². The number of hydrogen-bond donors (Lipinski definition) is 0. The summed E-state index contributed by atoms with van der Waals surface area (Å²) in [6.45, 7) is 2.08. The van der Waals surface area contributed by atoms with Crippen LogP contribution in [0.5, 0.6) is 0 Å². The van der Waals surface area contributed by atoms with Gasteiger partial charge in [-0.3, -0.25) is 0 Å². The van der Waals surface area contributed by atoms with Crippen LogP contribution in [-0.2, 0) is 0 Å². The summed E-state index contributed by atoms with van der Waals surface area (Å²) in [6.07, 6.45) is 0. The lowest BCUT2D eigenvalue weighted by molar-refractivity contribution is 0.364. The maximum absolute atomic E-state index is 13.8. The zero-order chi connectivity index (χ0) is 31.6. The molecule has 0 aliphatic carbocycles. The standard InChI is InChI=1S/C37H23F5N2OS/c1-22-10-14-34-28(18-22)26-6-2-4-8-32(26)43(34)23-11-16-36-30(19-23)31-20-24(12-17-37(31)45-36)44-33-9-5-3-7-27(33)29-21-25(13-15-35(29)44)46(38,39,40,41)42/h2-21H,1H3. The molecule has 46 heavy (non-hydrogen) atoms. The van der Waals surface area contributed by atoms with E-state index in [1.165, 1.54) is 5.56 Å². The van der Waals surface area contributed by atoms with Crippen molar-refractivity contribution in [2.75, 3.05) is 0 Å². The topological polar surface area (TPSA) is 23.0 Å². The van der Waals surface area contributed by atoms with Gasteiger partial charge < -0.3 is 13.6 Å². The number of para-hydroxylation sites is 2. The molecule has 0 saturated carbocycles. The maximum atomic E-state index is 13.8. The van der Waals surface area contributed by atoms with Crippen LogP contribution in [0, 0.1) is 6.92 Å². The normalized spacial score (nSPS) is 14.2. The lowest BCUT2D eigenvalue weighted by Gasteiger charge is -2.40. The predicted molar refractivity (Wildman–Crippen MR) is 179 cm³/mol. The molecular weight excluding hydrogens is 615 g/mol. The minimum absolute atomic E-state index is 0.0994. The summed E-state index contributed by atoms with van der Waals surface area (Å²) in [5.41, 5.74) is 7.28. The largest absolute Gasteiger partial charge is 0.456 e. The molecule has 3 nitrogen and oxygen atoms in total. The van der Waals surface area contributed by atoms with Gasteiger partial charge in [-0.1, -0.05) is 67.5 Å². The Kier molecular flexibility index (Phi) is 4.88. The van der Waals surface area contributed by atoms with E-state index in [1.807, 2.05) is 42.5 Å². The van der Waals surface area contributed by atoms with E-state index in [0.29, 0.717) is 45.4 Å². The zero-order valence-electron chi connectivity index (χ0n) is 24.1. The molecule has 3 heterocycles. The van der Waals surface area contributed by atoms with Gasteiger partial charge in [-0.25, -0.2) is 0 Å². The third kappa shape index (κ3) is 3.91. The fourth-order valence-electron chi connectivity index (χ4n) is 6.87. The van der Waals surface area contributed by atoms with Crippen molar-refractivity contribution in [3.8, 4) is 11.4 Å². The Hall–Kier alpha value is -5.28. The summed E-state index contributed by atoms with van der Waals surface area (Å²) < 4.78 is 79.2. The Balaban J connectivity index is 1.29. The van der Waals surface area contributed by atoms with E-state index in [4.69, 9.17) is 4.42 Å². The van der Waals surface area contributed by atoms with E-state index < -0.39 is 15.1 Å².